The number of aromatic nitrogens is 1. The highest BCUT2D eigenvalue weighted by Crippen LogP contribution is 2.48. The molecule has 2 aliphatic rings. The fraction of sp³-hybridized carbons (Fsp3) is 0.588. The van der Waals surface area contributed by atoms with Crippen LogP contribution in [0.5, 0.6) is 5.75 Å². The zero-order chi connectivity index (χ0) is 18.1. The molecule has 1 saturated carbocycles. The van der Waals surface area contributed by atoms with Crippen LogP contribution in [0.2, 0.25) is 0 Å². The van der Waals surface area contributed by atoms with Gasteiger partial charge in [-0.3, -0.25) is 9.69 Å². The summed E-state index contributed by atoms with van der Waals surface area (Å²) in [6, 6.07) is 2.95. The van der Waals surface area contributed by atoms with Crippen LogP contribution < -0.4 is 10.1 Å². The van der Waals surface area contributed by atoms with Crippen molar-refractivity contribution in [2.24, 2.45) is 11.8 Å². The lowest BCUT2D eigenvalue weighted by molar-refractivity contribution is -0.120. The normalized spacial score (nSPS) is 24.0. The molecule has 1 N–H and O–H groups in total. The molecule has 2 amide bonds. The molecule has 1 aromatic rings. The molecular formula is C17H22BrN3O4. The van der Waals surface area contributed by atoms with Crippen molar-refractivity contribution in [3.05, 3.63) is 16.7 Å². The first-order valence-electron chi connectivity index (χ1n) is 8.36. The predicted octanol–water partition coefficient (Wildman–Crippen LogP) is 3.05. The topological polar surface area (TPSA) is 80.8 Å². The van der Waals surface area contributed by atoms with Crippen molar-refractivity contribution in [3.8, 4) is 5.75 Å². The number of carbonyl (C=O) groups excluding carboxylic acids is 2. The Labute approximate surface area is 155 Å². The largest absolute Gasteiger partial charge is 0.497 e. The molecule has 0 radical (unpaired) electrons. The van der Waals surface area contributed by atoms with Gasteiger partial charge in [-0.2, -0.15) is 0 Å². The highest BCUT2D eigenvalue weighted by Gasteiger charge is 2.56. The molecule has 0 bridgehead atoms. The Morgan fingerprint density at radius 2 is 2.16 bits per heavy atom. The van der Waals surface area contributed by atoms with Gasteiger partial charge < -0.3 is 14.8 Å². The number of anilines is 1. The summed E-state index contributed by atoms with van der Waals surface area (Å²) in [6.45, 7) is 4.31. The van der Waals surface area contributed by atoms with E-state index in [1.807, 2.05) is 13.8 Å². The first-order chi connectivity index (χ1) is 11.9. The predicted molar refractivity (Wildman–Crippen MR) is 95.4 cm³/mol. The third-order valence-electron chi connectivity index (χ3n) is 4.41. The molecule has 3 rings (SSSR count). The number of carbonyl (C=O) groups is 2. The number of rotatable bonds is 5. The summed E-state index contributed by atoms with van der Waals surface area (Å²) in [6.07, 6.45) is 1.21. The van der Waals surface area contributed by atoms with Gasteiger partial charge in [-0.15, -0.1) is 0 Å². The summed E-state index contributed by atoms with van der Waals surface area (Å²) in [5.41, 5.74) is 0. The third-order valence-corrected chi connectivity index (χ3v) is 4.82. The van der Waals surface area contributed by atoms with Crippen molar-refractivity contribution in [2.75, 3.05) is 19.0 Å². The maximum atomic E-state index is 12.7. The van der Waals surface area contributed by atoms with E-state index in [1.165, 1.54) is 0 Å². The fourth-order valence-corrected chi connectivity index (χ4v) is 3.55. The highest BCUT2D eigenvalue weighted by atomic mass is 79.9. The van der Waals surface area contributed by atoms with E-state index in [-0.39, 0.29) is 17.9 Å². The maximum absolute atomic E-state index is 12.7. The molecule has 0 aromatic carbocycles. The maximum Gasteiger partial charge on any atom is 0.410 e. The number of likely N-dealkylation sites (tertiary alicyclic amines) is 1. The van der Waals surface area contributed by atoms with Gasteiger partial charge in [0.05, 0.1) is 13.7 Å². The molecule has 3 unspecified atom stereocenters. The number of hydrogen-bond acceptors (Lipinski definition) is 5. The van der Waals surface area contributed by atoms with Gasteiger partial charge in [-0.05, 0) is 40.6 Å². The van der Waals surface area contributed by atoms with Gasteiger partial charge >= 0.3 is 6.09 Å². The molecule has 3 atom stereocenters. The summed E-state index contributed by atoms with van der Waals surface area (Å²) < 4.78 is 11.1. The third kappa shape index (κ3) is 4.05. The van der Waals surface area contributed by atoms with Crippen molar-refractivity contribution in [3.63, 3.8) is 0 Å². The Bertz CT molecular complexity index is 682. The minimum Gasteiger partial charge on any atom is -0.497 e. The molecule has 8 heteroatoms. The number of amides is 2. The average Bonchev–Trinajstić information content (AvgIpc) is 3.21. The van der Waals surface area contributed by atoms with E-state index in [0.29, 0.717) is 35.1 Å². The summed E-state index contributed by atoms with van der Waals surface area (Å²) in [5.74, 6) is 1.37. The smallest absolute Gasteiger partial charge is 0.410 e. The van der Waals surface area contributed by atoms with Crippen LogP contribution in [0.4, 0.5) is 10.6 Å². The van der Waals surface area contributed by atoms with Crippen molar-refractivity contribution < 1.29 is 19.1 Å². The lowest BCUT2D eigenvalue weighted by Gasteiger charge is -2.26. The zero-order valence-electron chi connectivity index (χ0n) is 14.5. The van der Waals surface area contributed by atoms with Crippen LogP contribution in [0.3, 0.4) is 0 Å². The van der Waals surface area contributed by atoms with E-state index < -0.39 is 12.1 Å². The van der Waals surface area contributed by atoms with Crippen molar-refractivity contribution in [2.45, 2.75) is 38.8 Å². The number of hydrogen-bond donors (Lipinski definition) is 1. The highest BCUT2D eigenvalue weighted by molar-refractivity contribution is 9.10. The molecule has 7 nitrogen and oxygen atoms in total. The molecule has 25 heavy (non-hydrogen) atoms. The summed E-state index contributed by atoms with van der Waals surface area (Å²) in [7, 11) is 1.55. The monoisotopic (exact) mass is 411 g/mol. The number of pyridine rings is 1. The van der Waals surface area contributed by atoms with Crippen LogP contribution in [-0.2, 0) is 9.53 Å². The minimum atomic E-state index is -0.518. The molecule has 1 aliphatic heterocycles. The second kappa shape index (κ2) is 7.19. The number of fused-ring (bicyclic) bond motifs is 1. The average molecular weight is 412 g/mol. The molecule has 2 heterocycles. The molecule has 2 fully saturated rings. The van der Waals surface area contributed by atoms with Gasteiger partial charge in [0.2, 0.25) is 5.91 Å². The lowest BCUT2D eigenvalue weighted by Crippen LogP contribution is -2.46. The lowest BCUT2D eigenvalue weighted by atomic mass is 10.1. The quantitative estimate of drug-likeness (QED) is 0.752. The number of nitrogens with one attached hydrogen (secondary N) is 1. The van der Waals surface area contributed by atoms with Crippen LogP contribution in [0, 0.1) is 11.8 Å². The van der Waals surface area contributed by atoms with Crippen molar-refractivity contribution in [1.82, 2.24) is 9.88 Å². The Morgan fingerprint density at radius 1 is 1.40 bits per heavy atom. The van der Waals surface area contributed by atoms with Crippen molar-refractivity contribution >= 4 is 33.7 Å². The van der Waals surface area contributed by atoms with E-state index in [9.17, 15) is 9.59 Å². The summed E-state index contributed by atoms with van der Waals surface area (Å²) in [5, 5.41) is 2.78. The van der Waals surface area contributed by atoms with E-state index in [4.69, 9.17) is 9.47 Å². The van der Waals surface area contributed by atoms with E-state index >= 15 is 0 Å². The van der Waals surface area contributed by atoms with Crippen LogP contribution >= 0.6 is 15.9 Å². The van der Waals surface area contributed by atoms with Crippen LogP contribution in [0.15, 0.2) is 16.7 Å². The van der Waals surface area contributed by atoms with Gasteiger partial charge in [0, 0.05) is 18.2 Å². The van der Waals surface area contributed by atoms with Crippen LogP contribution in [-0.4, -0.2) is 47.7 Å². The minimum absolute atomic E-state index is 0.125. The number of methoxy groups -OCH3 is 1. The molecule has 0 spiro atoms. The van der Waals surface area contributed by atoms with Crippen LogP contribution in [0.25, 0.3) is 0 Å². The first kappa shape index (κ1) is 18.0. The second-order valence-corrected chi connectivity index (χ2v) is 7.71. The van der Waals surface area contributed by atoms with Gasteiger partial charge in [-0.25, -0.2) is 9.78 Å². The van der Waals surface area contributed by atoms with E-state index in [2.05, 4.69) is 26.2 Å². The zero-order valence-corrected chi connectivity index (χ0v) is 16.1. The Hall–Kier alpha value is -1.83. The van der Waals surface area contributed by atoms with Gasteiger partial charge in [0.1, 0.15) is 22.2 Å². The van der Waals surface area contributed by atoms with E-state index in [0.717, 1.165) is 6.42 Å². The Morgan fingerprint density at radius 3 is 2.84 bits per heavy atom. The first-order valence-corrected chi connectivity index (χ1v) is 9.16. The fourth-order valence-electron chi connectivity index (χ4n) is 3.13. The Balaban J connectivity index is 1.68. The standard InChI is InChI=1S/C17H22BrN3O4/c1-9(2)8-25-17(23)21-12-4-10(12)5-13(21)16(22)20-15-7-11(24-3)6-14(18)19-15/h6-7,9-10,12-13H,4-5,8H2,1-3H3,(H,19,20,22). The number of halogens is 1. The summed E-state index contributed by atoms with van der Waals surface area (Å²) >= 11 is 3.29. The number of ether oxygens (including phenoxy) is 2. The molecular weight excluding hydrogens is 390 g/mol. The molecule has 1 saturated heterocycles. The van der Waals surface area contributed by atoms with Crippen LogP contribution in [0.1, 0.15) is 26.7 Å². The molecule has 1 aliphatic carbocycles. The van der Waals surface area contributed by atoms with Gasteiger partial charge in [0.25, 0.3) is 0 Å². The molecule has 136 valence electrons. The number of piperidine rings is 1. The Kier molecular flexibility index (Phi) is 5.17. The van der Waals surface area contributed by atoms with Gasteiger partial charge in [-0.1, -0.05) is 13.8 Å². The van der Waals surface area contributed by atoms with E-state index in [1.54, 1.807) is 24.1 Å². The second-order valence-electron chi connectivity index (χ2n) is 6.90. The van der Waals surface area contributed by atoms with Crippen molar-refractivity contribution in [1.29, 1.82) is 0 Å². The summed E-state index contributed by atoms with van der Waals surface area (Å²) in [4.78, 5) is 30.9. The molecule has 1 aromatic heterocycles. The SMILES string of the molecule is COc1cc(Br)nc(NC(=O)C2CC3CC3N2C(=O)OCC(C)C)c1. The number of nitrogens with zero attached hydrogens (tertiary/aromatic N) is 2. The van der Waals surface area contributed by atoms with Gasteiger partial charge in [0.15, 0.2) is 0 Å².